The van der Waals surface area contributed by atoms with Crippen LogP contribution < -0.4 is 10.0 Å². The van der Waals surface area contributed by atoms with E-state index >= 15 is 0 Å². The molecule has 2 N–H and O–H groups in total. The molecule has 0 aromatic heterocycles. The molecule has 0 atom stereocenters. The van der Waals surface area contributed by atoms with Crippen molar-refractivity contribution in [1.82, 2.24) is 4.72 Å². The van der Waals surface area contributed by atoms with Crippen molar-refractivity contribution in [2.24, 2.45) is 5.92 Å². The highest BCUT2D eigenvalue weighted by atomic mass is 32.2. The van der Waals surface area contributed by atoms with Gasteiger partial charge in [-0.15, -0.1) is 0 Å². The van der Waals surface area contributed by atoms with E-state index in [1.54, 1.807) is 12.1 Å². The van der Waals surface area contributed by atoms with Crippen LogP contribution >= 0.6 is 0 Å². The largest absolute Gasteiger partial charge is 0.326 e. The second-order valence-electron chi connectivity index (χ2n) is 7.01. The molecule has 0 radical (unpaired) electrons. The third-order valence-electron chi connectivity index (χ3n) is 4.51. The van der Waals surface area contributed by atoms with E-state index in [1.165, 1.54) is 0 Å². The minimum absolute atomic E-state index is 0.0591. The molecular formula is C20H24N2O3S. The van der Waals surface area contributed by atoms with E-state index in [2.05, 4.69) is 10.0 Å². The standard InChI is InChI=1S/C20H24N2O3S/c1-13-10-14(2)19(15(3)11-13)26(24,25)21-12-16-4-8-18(9-5-16)22-20(23)17-6-7-17/h4-5,8-11,17,21H,6-7,12H2,1-3H3,(H,22,23). The Labute approximate surface area is 154 Å². The first kappa shape index (κ1) is 18.6. The van der Waals surface area contributed by atoms with Gasteiger partial charge in [-0.2, -0.15) is 0 Å². The van der Waals surface area contributed by atoms with Gasteiger partial charge >= 0.3 is 0 Å². The number of nitrogens with one attached hydrogen (secondary N) is 2. The first-order valence-corrected chi connectivity index (χ1v) is 10.2. The molecule has 26 heavy (non-hydrogen) atoms. The average molecular weight is 372 g/mol. The third kappa shape index (κ3) is 4.31. The van der Waals surface area contributed by atoms with Crippen molar-refractivity contribution in [3.05, 3.63) is 58.7 Å². The van der Waals surface area contributed by atoms with Crippen LogP contribution in [0.1, 0.15) is 35.1 Å². The van der Waals surface area contributed by atoms with Crippen LogP contribution in [0.3, 0.4) is 0 Å². The zero-order valence-electron chi connectivity index (χ0n) is 15.3. The molecule has 5 nitrogen and oxygen atoms in total. The third-order valence-corrected chi connectivity index (χ3v) is 6.22. The van der Waals surface area contributed by atoms with Gasteiger partial charge in [0.25, 0.3) is 0 Å². The lowest BCUT2D eigenvalue weighted by atomic mass is 10.1. The molecule has 0 unspecified atom stereocenters. The minimum Gasteiger partial charge on any atom is -0.326 e. The maximum atomic E-state index is 12.7. The molecule has 6 heteroatoms. The summed E-state index contributed by atoms with van der Waals surface area (Å²) in [5.41, 5.74) is 4.10. The van der Waals surface area contributed by atoms with Crippen molar-refractivity contribution in [3.63, 3.8) is 0 Å². The lowest BCUT2D eigenvalue weighted by Crippen LogP contribution is -2.25. The lowest BCUT2D eigenvalue weighted by molar-refractivity contribution is -0.117. The molecule has 0 spiro atoms. The zero-order chi connectivity index (χ0) is 18.9. The molecule has 1 aliphatic rings. The quantitative estimate of drug-likeness (QED) is 0.816. The molecule has 138 valence electrons. The van der Waals surface area contributed by atoms with E-state index in [-0.39, 0.29) is 18.4 Å². The summed E-state index contributed by atoms with van der Waals surface area (Å²) in [6.45, 7) is 5.77. The fraction of sp³-hybridized carbons (Fsp3) is 0.350. The molecule has 1 amide bonds. The predicted molar refractivity (Wildman–Crippen MR) is 102 cm³/mol. The van der Waals surface area contributed by atoms with Crippen molar-refractivity contribution >= 4 is 21.6 Å². The minimum atomic E-state index is -3.59. The van der Waals surface area contributed by atoms with E-state index in [0.717, 1.165) is 40.8 Å². The smallest absolute Gasteiger partial charge is 0.241 e. The van der Waals surface area contributed by atoms with E-state index in [0.29, 0.717) is 4.90 Å². The Kier molecular flexibility index (Phi) is 5.16. The Morgan fingerprint density at radius 3 is 2.15 bits per heavy atom. The summed E-state index contributed by atoms with van der Waals surface area (Å²) in [7, 11) is -3.59. The van der Waals surface area contributed by atoms with Gasteiger partial charge in [0, 0.05) is 18.2 Å². The van der Waals surface area contributed by atoms with Gasteiger partial charge in [0.1, 0.15) is 0 Å². The van der Waals surface area contributed by atoms with E-state index in [1.807, 2.05) is 45.0 Å². The Bertz CT molecular complexity index is 907. The molecule has 0 aliphatic heterocycles. The molecule has 0 heterocycles. The topological polar surface area (TPSA) is 75.3 Å². The number of sulfonamides is 1. The van der Waals surface area contributed by atoms with Crippen LogP contribution in [0, 0.1) is 26.7 Å². The highest BCUT2D eigenvalue weighted by Gasteiger charge is 2.29. The number of carbonyl (C=O) groups is 1. The van der Waals surface area contributed by atoms with Crippen molar-refractivity contribution in [2.45, 2.75) is 45.1 Å². The molecule has 0 saturated heterocycles. The SMILES string of the molecule is Cc1cc(C)c(S(=O)(=O)NCc2ccc(NC(=O)C3CC3)cc2)c(C)c1. The Morgan fingerprint density at radius 1 is 1.04 bits per heavy atom. The van der Waals surface area contributed by atoms with Crippen LogP contribution in [0.2, 0.25) is 0 Å². The van der Waals surface area contributed by atoms with Crippen molar-refractivity contribution in [2.75, 3.05) is 5.32 Å². The average Bonchev–Trinajstić information content (AvgIpc) is 3.38. The first-order chi connectivity index (χ1) is 12.3. The predicted octanol–water partition coefficient (Wildman–Crippen LogP) is 3.44. The number of amides is 1. The lowest BCUT2D eigenvalue weighted by Gasteiger charge is -2.13. The van der Waals surface area contributed by atoms with Gasteiger partial charge in [-0.25, -0.2) is 13.1 Å². The fourth-order valence-electron chi connectivity index (χ4n) is 3.14. The number of hydrogen-bond acceptors (Lipinski definition) is 3. The zero-order valence-corrected chi connectivity index (χ0v) is 16.1. The van der Waals surface area contributed by atoms with Gasteiger partial charge in [0.2, 0.25) is 15.9 Å². The van der Waals surface area contributed by atoms with Gasteiger partial charge in [0.15, 0.2) is 0 Å². The fourth-order valence-corrected chi connectivity index (χ4v) is 4.60. The molecule has 2 aromatic rings. The maximum absolute atomic E-state index is 12.7. The van der Waals surface area contributed by atoms with Crippen LogP contribution in [0.15, 0.2) is 41.3 Å². The highest BCUT2D eigenvalue weighted by Crippen LogP contribution is 2.30. The number of hydrogen-bond donors (Lipinski definition) is 2. The second-order valence-corrected chi connectivity index (χ2v) is 8.72. The first-order valence-electron chi connectivity index (χ1n) is 8.73. The summed E-state index contributed by atoms with van der Waals surface area (Å²) < 4.78 is 28.0. The summed E-state index contributed by atoms with van der Waals surface area (Å²) in [6, 6.07) is 11.0. The van der Waals surface area contributed by atoms with Gasteiger partial charge in [0.05, 0.1) is 4.90 Å². The van der Waals surface area contributed by atoms with Crippen molar-refractivity contribution in [3.8, 4) is 0 Å². The van der Waals surface area contributed by atoms with Gasteiger partial charge in [-0.05, 0) is 62.4 Å². The van der Waals surface area contributed by atoms with Crippen LogP contribution in [0.4, 0.5) is 5.69 Å². The summed E-state index contributed by atoms with van der Waals surface area (Å²) in [5.74, 6) is 0.214. The molecule has 1 aliphatic carbocycles. The summed E-state index contributed by atoms with van der Waals surface area (Å²) in [4.78, 5) is 12.1. The molecule has 2 aromatic carbocycles. The molecule has 0 bridgehead atoms. The highest BCUT2D eigenvalue weighted by molar-refractivity contribution is 7.89. The van der Waals surface area contributed by atoms with E-state index in [9.17, 15) is 13.2 Å². The molecule has 1 saturated carbocycles. The number of anilines is 1. The number of carbonyl (C=O) groups excluding carboxylic acids is 1. The monoisotopic (exact) mass is 372 g/mol. The maximum Gasteiger partial charge on any atom is 0.241 e. The van der Waals surface area contributed by atoms with Gasteiger partial charge < -0.3 is 5.32 Å². The number of aryl methyl sites for hydroxylation is 3. The Balaban J connectivity index is 1.67. The van der Waals surface area contributed by atoms with E-state index in [4.69, 9.17) is 0 Å². The van der Waals surface area contributed by atoms with Crippen molar-refractivity contribution in [1.29, 1.82) is 0 Å². The molecule has 3 rings (SSSR count). The summed E-state index contributed by atoms with van der Waals surface area (Å²) in [6.07, 6.45) is 1.92. The normalized spacial score (nSPS) is 14.3. The number of rotatable bonds is 6. The summed E-state index contributed by atoms with van der Waals surface area (Å²) in [5, 5.41) is 2.87. The molecular weight excluding hydrogens is 348 g/mol. The second kappa shape index (κ2) is 7.21. The Morgan fingerprint density at radius 2 is 1.62 bits per heavy atom. The van der Waals surface area contributed by atoms with Crippen molar-refractivity contribution < 1.29 is 13.2 Å². The van der Waals surface area contributed by atoms with Crippen LogP contribution in [-0.4, -0.2) is 14.3 Å². The number of benzene rings is 2. The van der Waals surface area contributed by atoms with E-state index < -0.39 is 10.0 Å². The van der Waals surface area contributed by atoms with Gasteiger partial charge in [-0.3, -0.25) is 4.79 Å². The van der Waals surface area contributed by atoms with Gasteiger partial charge in [-0.1, -0.05) is 29.8 Å². The molecule has 1 fully saturated rings. The summed E-state index contributed by atoms with van der Waals surface area (Å²) >= 11 is 0. The van der Waals surface area contributed by atoms with Crippen LogP contribution in [0.5, 0.6) is 0 Å². The Hall–Kier alpha value is -2.18. The van der Waals surface area contributed by atoms with Crippen LogP contribution in [-0.2, 0) is 21.4 Å². The van der Waals surface area contributed by atoms with Crippen LogP contribution in [0.25, 0.3) is 0 Å².